The van der Waals surface area contributed by atoms with Crippen LogP contribution in [0, 0.1) is 0 Å². The lowest BCUT2D eigenvalue weighted by atomic mass is 10.1. The van der Waals surface area contributed by atoms with E-state index < -0.39 is 23.9 Å². The Labute approximate surface area is 162 Å². The van der Waals surface area contributed by atoms with Gasteiger partial charge in [0, 0.05) is 0 Å². The third-order valence-corrected chi connectivity index (χ3v) is 3.72. The number of esters is 2. The summed E-state index contributed by atoms with van der Waals surface area (Å²) in [5, 5.41) is 2.15. The summed E-state index contributed by atoms with van der Waals surface area (Å²) in [6.07, 6.45) is 1.76. The molecule has 1 aromatic carbocycles. The third-order valence-electron chi connectivity index (χ3n) is 3.72. The molecule has 1 N–H and O–H groups in total. The van der Waals surface area contributed by atoms with Gasteiger partial charge >= 0.3 is 18.0 Å². The highest BCUT2D eigenvalue weighted by atomic mass is 16.6. The van der Waals surface area contributed by atoms with Crippen molar-refractivity contribution in [3.8, 4) is 5.75 Å². The van der Waals surface area contributed by atoms with Crippen molar-refractivity contribution in [3.05, 3.63) is 41.6 Å². The minimum Gasteiger partial charge on any atom is -0.482 e. The van der Waals surface area contributed by atoms with Gasteiger partial charge in [-0.05, 0) is 31.9 Å². The van der Waals surface area contributed by atoms with Gasteiger partial charge in [0.2, 0.25) is 0 Å². The van der Waals surface area contributed by atoms with Crippen molar-refractivity contribution in [2.45, 2.75) is 20.3 Å². The minimum absolute atomic E-state index is 0.0539. The maximum atomic E-state index is 12.0. The van der Waals surface area contributed by atoms with Crippen molar-refractivity contribution in [1.82, 2.24) is 10.2 Å². The number of amides is 3. The van der Waals surface area contributed by atoms with E-state index in [-0.39, 0.29) is 38.5 Å². The van der Waals surface area contributed by atoms with Crippen molar-refractivity contribution in [2.75, 3.05) is 26.4 Å². The van der Waals surface area contributed by atoms with E-state index in [1.54, 1.807) is 38.1 Å². The second-order valence-corrected chi connectivity index (χ2v) is 5.65. The first-order valence-electron chi connectivity index (χ1n) is 8.81. The number of urea groups is 1. The molecule has 2 rings (SSSR count). The summed E-state index contributed by atoms with van der Waals surface area (Å²) >= 11 is 0. The summed E-state index contributed by atoms with van der Waals surface area (Å²) in [5.41, 5.74) is 0.751. The van der Waals surface area contributed by atoms with Crippen molar-refractivity contribution in [3.63, 3.8) is 0 Å². The van der Waals surface area contributed by atoms with E-state index in [9.17, 15) is 19.2 Å². The Hall–Kier alpha value is -3.36. The van der Waals surface area contributed by atoms with E-state index in [0.717, 1.165) is 4.90 Å². The average molecular weight is 390 g/mol. The Morgan fingerprint density at radius 2 is 1.75 bits per heavy atom. The summed E-state index contributed by atoms with van der Waals surface area (Å²) in [7, 11) is 0. The largest absolute Gasteiger partial charge is 0.482 e. The first-order valence-corrected chi connectivity index (χ1v) is 8.81. The van der Waals surface area contributed by atoms with E-state index in [0.29, 0.717) is 11.3 Å². The Morgan fingerprint density at radius 3 is 2.46 bits per heavy atom. The van der Waals surface area contributed by atoms with Gasteiger partial charge in [0.15, 0.2) is 6.61 Å². The van der Waals surface area contributed by atoms with E-state index >= 15 is 0 Å². The van der Waals surface area contributed by atoms with Crippen molar-refractivity contribution >= 4 is 23.9 Å². The number of imide groups is 1. The maximum absolute atomic E-state index is 12.0. The van der Waals surface area contributed by atoms with Gasteiger partial charge in [-0.1, -0.05) is 24.3 Å². The molecule has 1 saturated heterocycles. The van der Waals surface area contributed by atoms with Gasteiger partial charge in [0.1, 0.15) is 18.0 Å². The molecule has 1 heterocycles. The second kappa shape index (κ2) is 10.1. The van der Waals surface area contributed by atoms with E-state index in [4.69, 9.17) is 14.2 Å². The zero-order valence-electron chi connectivity index (χ0n) is 15.7. The molecule has 0 aromatic heterocycles. The van der Waals surface area contributed by atoms with Gasteiger partial charge in [0.25, 0.3) is 5.91 Å². The topological polar surface area (TPSA) is 111 Å². The van der Waals surface area contributed by atoms with Crippen LogP contribution in [0.1, 0.15) is 19.4 Å². The molecule has 0 bridgehead atoms. The van der Waals surface area contributed by atoms with Crippen molar-refractivity contribution in [2.24, 2.45) is 0 Å². The van der Waals surface area contributed by atoms with Crippen LogP contribution < -0.4 is 10.1 Å². The van der Waals surface area contributed by atoms with Crippen LogP contribution in [0.15, 0.2) is 36.0 Å². The van der Waals surface area contributed by atoms with Crippen LogP contribution in [0.5, 0.6) is 5.75 Å². The Balaban J connectivity index is 2.12. The molecule has 1 aromatic rings. The fourth-order valence-corrected chi connectivity index (χ4v) is 2.52. The molecule has 0 radical (unpaired) electrons. The number of hydrogen-bond acceptors (Lipinski definition) is 7. The van der Waals surface area contributed by atoms with Crippen molar-refractivity contribution < 1.29 is 33.4 Å². The summed E-state index contributed by atoms with van der Waals surface area (Å²) in [6, 6.07) is 6.29. The molecule has 0 spiro atoms. The number of allylic oxidation sites excluding steroid dienone is 1. The second-order valence-electron chi connectivity index (χ2n) is 5.65. The highest BCUT2D eigenvalue weighted by Crippen LogP contribution is 2.21. The zero-order valence-corrected chi connectivity index (χ0v) is 15.7. The van der Waals surface area contributed by atoms with Crippen molar-refractivity contribution in [1.29, 1.82) is 0 Å². The number of rotatable bonds is 9. The summed E-state index contributed by atoms with van der Waals surface area (Å²) in [4.78, 5) is 48.1. The Bertz CT molecular complexity index is 788. The van der Waals surface area contributed by atoms with E-state index in [1.807, 2.05) is 0 Å². The number of carbonyl (C=O) groups is 4. The monoisotopic (exact) mass is 390 g/mol. The molecule has 150 valence electrons. The number of nitrogens with one attached hydrogen (secondary N) is 1. The highest BCUT2D eigenvalue weighted by molar-refractivity contribution is 6.12. The van der Waals surface area contributed by atoms with Crippen LogP contribution in [0.3, 0.4) is 0 Å². The molecule has 3 amide bonds. The first kappa shape index (κ1) is 20.9. The Morgan fingerprint density at radius 1 is 1.07 bits per heavy atom. The molecule has 0 atom stereocenters. The lowest BCUT2D eigenvalue weighted by Gasteiger charge is -2.14. The van der Waals surface area contributed by atoms with Gasteiger partial charge in [-0.25, -0.2) is 9.59 Å². The fourth-order valence-electron chi connectivity index (χ4n) is 2.52. The van der Waals surface area contributed by atoms with Crippen LogP contribution in [-0.2, 0) is 30.3 Å². The zero-order chi connectivity index (χ0) is 20.5. The molecular weight excluding hydrogens is 368 g/mol. The molecule has 0 aliphatic carbocycles. The predicted octanol–water partition coefficient (Wildman–Crippen LogP) is 1.17. The van der Waals surface area contributed by atoms with Gasteiger partial charge in [0.05, 0.1) is 13.2 Å². The molecule has 28 heavy (non-hydrogen) atoms. The van der Waals surface area contributed by atoms with Crippen LogP contribution >= 0.6 is 0 Å². The highest BCUT2D eigenvalue weighted by Gasteiger charge is 2.34. The normalized spacial score (nSPS) is 14.8. The number of para-hydroxylation sites is 1. The molecular formula is C19H22N2O7. The number of carbonyl (C=O) groups excluding carboxylic acids is 4. The molecule has 9 heteroatoms. The summed E-state index contributed by atoms with van der Waals surface area (Å²) in [5.74, 6) is -1.25. The molecule has 1 fully saturated rings. The quantitative estimate of drug-likeness (QED) is 0.383. The number of ether oxygens (including phenoxy) is 3. The summed E-state index contributed by atoms with van der Waals surface area (Å²) < 4.78 is 15.1. The van der Waals surface area contributed by atoms with E-state index in [2.05, 4.69) is 5.32 Å². The van der Waals surface area contributed by atoms with Crippen LogP contribution in [0.2, 0.25) is 0 Å². The molecule has 1 aliphatic heterocycles. The predicted molar refractivity (Wildman–Crippen MR) is 97.2 cm³/mol. The maximum Gasteiger partial charge on any atom is 0.344 e. The SMILES string of the molecule is CCOC(=O)COc1ccccc1CC=C1C(=O)NC(=O)N1CC(=O)OCC. The Kier molecular flexibility index (Phi) is 7.55. The molecule has 9 nitrogen and oxygen atoms in total. The van der Waals surface area contributed by atoms with E-state index in [1.165, 1.54) is 6.08 Å². The fraction of sp³-hybridized carbons (Fsp3) is 0.368. The number of benzene rings is 1. The van der Waals surface area contributed by atoms with Gasteiger partial charge in [-0.3, -0.25) is 19.8 Å². The smallest absolute Gasteiger partial charge is 0.344 e. The standard InChI is InChI=1S/C19H22N2O7/c1-3-26-16(22)11-21-14(18(24)20-19(21)25)10-9-13-7-5-6-8-15(13)28-12-17(23)27-4-2/h5-8,10H,3-4,9,11-12H2,1-2H3,(H,20,24,25). The number of hydrogen-bond donors (Lipinski definition) is 1. The molecule has 0 unspecified atom stereocenters. The van der Waals surface area contributed by atoms with Crippen LogP contribution in [0.4, 0.5) is 4.79 Å². The van der Waals surface area contributed by atoms with Gasteiger partial charge < -0.3 is 14.2 Å². The molecule has 0 saturated carbocycles. The van der Waals surface area contributed by atoms with Gasteiger partial charge in [-0.2, -0.15) is 0 Å². The first-order chi connectivity index (χ1) is 13.5. The van der Waals surface area contributed by atoms with Crippen LogP contribution in [0.25, 0.3) is 0 Å². The molecule has 1 aliphatic rings. The van der Waals surface area contributed by atoms with Crippen LogP contribution in [-0.4, -0.2) is 55.1 Å². The summed E-state index contributed by atoms with van der Waals surface area (Å²) in [6.45, 7) is 3.18. The van der Waals surface area contributed by atoms with Gasteiger partial charge in [-0.15, -0.1) is 0 Å². The lowest BCUT2D eigenvalue weighted by Crippen LogP contribution is -2.33. The lowest BCUT2D eigenvalue weighted by molar-refractivity contribution is -0.145. The average Bonchev–Trinajstić information content (AvgIpc) is 2.92. The minimum atomic E-state index is -0.684. The third kappa shape index (κ3) is 5.57. The number of nitrogens with zero attached hydrogens (tertiary/aromatic N) is 1.